The number of hydrogen-bond acceptors (Lipinski definition) is 5. The van der Waals surface area contributed by atoms with E-state index in [1.807, 2.05) is 0 Å². The normalized spacial score (nSPS) is 27.0. The van der Waals surface area contributed by atoms with Crippen LogP contribution in [0.15, 0.2) is 28.0 Å². The van der Waals surface area contributed by atoms with E-state index < -0.39 is 20.0 Å². The van der Waals surface area contributed by atoms with Crippen molar-refractivity contribution in [2.24, 2.45) is 5.92 Å². The Morgan fingerprint density at radius 3 is 2.38 bits per heavy atom. The lowest BCUT2D eigenvalue weighted by molar-refractivity contribution is 0.346. The van der Waals surface area contributed by atoms with Crippen molar-refractivity contribution in [1.29, 1.82) is 0 Å². The van der Waals surface area contributed by atoms with E-state index in [0.717, 1.165) is 44.9 Å². The molecular weight excluding hydrogens is 374 g/mol. The molecule has 2 N–H and O–H groups in total. The van der Waals surface area contributed by atoms with E-state index in [4.69, 9.17) is 0 Å². The van der Waals surface area contributed by atoms with Gasteiger partial charge in [-0.3, -0.25) is 0 Å². The van der Waals surface area contributed by atoms with Gasteiger partial charge in [0.25, 0.3) is 0 Å². The highest BCUT2D eigenvalue weighted by molar-refractivity contribution is 7.90. The molecule has 1 unspecified atom stereocenters. The Morgan fingerprint density at radius 2 is 1.69 bits per heavy atom. The third kappa shape index (κ3) is 3.26. The smallest absolute Gasteiger partial charge is 0.244 e. The van der Waals surface area contributed by atoms with Crippen molar-refractivity contribution in [3.05, 3.63) is 18.2 Å². The summed E-state index contributed by atoms with van der Waals surface area (Å²) in [6, 6.07) is 4.40. The first-order valence-electron chi connectivity index (χ1n) is 9.31. The molecule has 0 bridgehead atoms. The average Bonchev–Trinajstić information content (AvgIpc) is 3.16. The third-order valence-electron chi connectivity index (χ3n) is 5.66. The largest absolute Gasteiger partial charge is 0.368 e. The molecule has 1 aromatic rings. The Hall–Kier alpha value is -1.16. The number of fused-ring (bicyclic) bond motifs is 1. The van der Waals surface area contributed by atoms with Gasteiger partial charge in [0.15, 0.2) is 0 Å². The zero-order valence-electron chi connectivity index (χ0n) is 14.6. The maximum atomic E-state index is 12.8. The van der Waals surface area contributed by atoms with Crippen LogP contribution < -0.4 is 10.0 Å². The van der Waals surface area contributed by atoms with Crippen molar-refractivity contribution in [2.75, 3.05) is 18.4 Å². The lowest BCUT2D eigenvalue weighted by Gasteiger charge is -2.32. The molecule has 26 heavy (non-hydrogen) atoms. The van der Waals surface area contributed by atoms with Crippen LogP contribution in [-0.2, 0) is 20.0 Å². The van der Waals surface area contributed by atoms with Gasteiger partial charge in [-0.25, -0.2) is 16.8 Å². The molecule has 1 aromatic carbocycles. The van der Waals surface area contributed by atoms with Crippen LogP contribution in [0.3, 0.4) is 0 Å². The van der Waals surface area contributed by atoms with Crippen LogP contribution in [0.1, 0.15) is 44.9 Å². The SMILES string of the molecule is O=S1(=O)NC(C2CCCC2)Nc2ccc(S(=O)(=O)N3CCCCC3)cc21. The van der Waals surface area contributed by atoms with Gasteiger partial charge in [0.2, 0.25) is 20.0 Å². The molecule has 1 saturated carbocycles. The second-order valence-electron chi connectivity index (χ2n) is 7.41. The number of rotatable bonds is 3. The van der Waals surface area contributed by atoms with Gasteiger partial charge < -0.3 is 5.32 Å². The summed E-state index contributed by atoms with van der Waals surface area (Å²) in [5.74, 6) is 0.273. The molecule has 1 saturated heterocycles. The Morgan fingerprint density at radius 1 is 1.00 bits per heavy atom. The first kappa shape index (κ1) is 18.2. The Bertz CT molecular complexity index is 887. The molecule has 144 valence electrons. The quantitative estimate of drug-likeness (QED) is 0.811. The molecule has 0 spiro atoms. The van der Waals surface area contributed by atoms with Crippen LogP contribution >= 0.6 is 0 Å². The highest BCUT2D eigenvalue weighted by atomic mass is 32.2. The number of nitrogens with one attached hydrogen (secondary N) is 2. The minimum Gasteiger partial charge on any atom is -0.368 e. The summed E-state index contributed by atoms with van der Waals surface area (Å²) >= 11 is 0. The van der Waals surface area contributed by atoms with E-state index >= 15 is 0 Å². The maximum absolute atomic E-state index is 12.8. The fraction of sp³-hybridized carbons (Fsp3) is 0.647. The number of sulfonamides is 2. The minimum absolute atomic E-state index is 0.0184. The van der Waals surface area contributed by atoms with Crippen LogP contribution in [0.2, 0.25) is 0 Å². The van der Waals surface area contributed by atoms with E-state index in [0.29, 0.717) is 18.8 Å². The van der Waals surface area contributed by atoms with Gasteiger partial charge in [-0.05, 0) is 49.8 Å². The number of hydrogen-bond donors (Lipinski definition) is 2. The zero-order valence-corrected chi connectivity index (χ0v) is 16.3. The van der Waals surface area contributed by atoms with Crippen molar-refractivity contribution < 1.29 is 16.8 Å². The molecule has 4 rings (SSSR count). The number of anilines is 1. The average molecular weight is 400 g/mol. The van der Waals surface area contributed by atoms with E-state index in [-0.39, 0.29) is 21.9 Å². The summed E-state index contributed by atoms with van der Waals surface area (Å²) in [4.78, 5) is 0.0643. The fourth-order valence-corrected chi connectivity index (χ4v) is 7.22. The molecule has 0 radical (unpaired) electrons. The summed E-state index contributed by atoms with van der Waals surface area (Å²) in [6.07, 6.45) is 6.62. The van der Waals surface area contributed by atoms with E-state index in [1.165, 1.54) is 16.4 Å². The van der Waals surface area contributed by atoms with Crippen molar-refractivity contribution in [2.45, 2.75) is 60.9 Å². The Balaban J connectivity index is 1.66. The highest BCUT2D eigenvalue weighted by Gasteiger charge is 2.36. The maximum Gasteiger partial charge on any atom is 0.244 e. The lowest BCUT2D eigenvalue weighted by atomic mass is 10.0. The van der Waals surface area contributed by atoms with Crippen LogP contribution in [0.4, 0.5) is 5.69 Å². The Labute approximate surface area is 155 Å². The number of piperidine rings is 1. The third-order valence-corrected chi connectivity index (χ3v) is 9.04. The predicted octanol–water partition coefficient (Wildman–Crippen LogP) is 2.08. The Kier molecular flexibility index (Phi) is 4.75. The summed E-state index contributed by atoms with van der Waals surface area (Å²) in [6.45, 7) is 0.985. The molecule has 3 aliphatic rings. The fourth-order valence-electron chi connectivity index (χ4n) is 4.19. The number of benzene rings is 1. The van der Waals surface area contributed by atoms with Crippen LogP contribution in [0.5, 0.6) is 0 Å². The minimum atomic E-state index is -3.74. The van der Waals surface area contributed by atoms with Crippen molar-refractivity contribution in [1.82, 2.24) is 9.03 Å². The van der Waals surface area contributed by atoms with Gasteiger partial charge in [-0.1, -0.05) is 19.3 Å². The monoisotopic (exact) mass is 399 g/mol. The second kappa shape index (κ2) is 6.78. The molecule has 7 nitrogen and oxygen atoms in total. The second-order valence-corrected chi connectivity index (χ2v) is 11.0. The summed E-state index contributed by atoms with van der Waals surface area (Å²) in [5.41, 5.74) is 0.484. The van der Waals surface area contributed by atoms with Crippen LogP contribution in [0, 0.1) is 5.92 Å². The molecule has 2 fully saturated rings. The molecule has 1 atom stereocenters. The molecule has 0 amide bonds. The van der Waals surface area contributed by atoms with Gasteiger partial charge >= 0.3 is 0 Å². The predicted molar refractivity (Wildman–Crippen MR) is 98.7 cm³/mol. The molecule has 1 aliphatic carbocycles. The van der Waals surface area contributed by atoms with Crippen molar-refractivity contribution >= 4 is 25.7 Å². The first-order valence-corrected chi connectivity index (χ1v) is 12.2. The summed E-state index contributed by atoms with van der Waals surface area (Å²) < 4.78 is 55.3. The molecule has 0 aromatic heterocycles. The zero-order chi connectivity index (χ0) is 18.4. The lowest BCUT2D eigenvalue weighted by Crippen LogP contribution is -2.48. The molecular formula is C17H25N3O4S2. The van der Waals surface area contributed by atoms with Crippen LogP contribution in [0.25, 0.3) is 0 Å². The topological polar surface area (TPSA) is 95.6 Å². The van der Waals surface area contributed by atoms with Gasteiger partial charge in [0, 0.05) is 13.1 Å². The van der Waals surface area contributed by atoms with Gasteiger partial charge in [-0.15, -0.1) is 0 Å². The molecule has 2 aliphatic heterocycles. The van der Waals surface area contributed by atoms with E-state index in [9.17, 15) is 16.8 Å². The van der Waals surface area contributed by atoms with Gasteiger partial charge in [-0.2, -0.15) is 9.03 Å². The molecule has 2 heterocycles. The summed E-state index contributed by atoms with van der Waals surface area (Å²) in [7, 11) is -7.40. The van der Waals surface area contributed by atoms with Gasteiger partial charge in [0.1, 0.15) is 4.90 Å². The highest BCUT2D eigenvalue weighted by Crippen LogP contribution is 2.35. The first-order chi connectivity index (χ1) is 12.4. The standard InChI is InChI=1S/C17H25N3O4S2/c21-25(22)16-12-14(26(23,24)20-10-4-1-5-11-20)8-9-15(16)18-17(19-25)13-6-2-3-7-13/h8-9,12-13,17-19H,1-7,10-11H2. The summed E-state index contributed by atoms with van der Waals surface area (Å²) in [5, 5.41) is 3.25. The van der Waals surface area contributed by atoms with Crippen molar-refractivity contribution in [3.8, 4) is 0 Å². The number of nitrogens with zero attached hydrogens (tertiary/aromatic N) is 1. The van der Waals surface area contributed by atoms with E-state index in [1.54, 1.807) is 6.07 Å². The van der Waals surface area contributed by atoms with Crippen LogP contribution in [-0.4, -0.2) is 40.4 Å². The van der Waals surface area contributed by atoms with E-state index in [2.05, 4.69) is 10.0 Å². The van der Waals surface area contributed by atoms with Crippen molar-refractivity contribution in [3.63, 3.8) is 0 Å². The molecule has 9 heteroatoms. The van der Waals surface area contributed by atoms with Gasteiger partial charge in [0.05, 0.1) is 16.7 Å².